The molecule has 2 amide bonds. The molecule has 0 aliphatic carbocycles. The Hall–Kier alpha value is -2.89. The van der Waals surface area contributed by atoms with Gasteiger partial charge in [-0.15, -0.1) is 0 Å². The van der Waals surface area contributed by atoms with Gasteiger partial charge in [-0.3, -0.25) is 9.59 Å². The summed E-state index contributed by atoms with van der Waals surface area (Å²) in [5.41, 5.74) is 11.9. The fourth-order valence-corrected chi connectivity index (χ4v) is 1.85. The van der Waals surface area contributed by atoms with E-state index in [-0.39, 0.29) is 17.8 Å². The van der Waals surface area contributed by atoms with Gasteiger partial charge in [-0.25, -0.2) is 4.39 Å². The quantitative estimate of drug-likeness (QED) is 0.779. The van der Waals surface area contributed by atoms with Crippen molar-refractivity contribution in [2.45, 2.75) is 6.54 Å². The molecule has 0 unspecified atom stereocenters. The minimum absolute atomic E-state index is 0.163. The Balaban J connectivity index is 2.16. The molecule has 2 aromatic rings. The maximum Gasteiger partial charge on any atom is 0.248 e. The first-order valence-electron chi connectivity index (χ1n) is 6.19. The number of primary amides is 2. The lowest BCUT2D eigenvalue weighted by atomic mass is 10.1. The van der Waals surface area contributed by atoms with Gasteiger partial charge < -0.3 is 16.8 Å². The molecule has 0 bridgehead atoms. The van der Waals surface area contributed by atoms with Crippen LogP contribution < -0.4 is 16.8 Å². The highest BCUT2D eigenvalue weighted by atomic mass is 19.1. The fraction of sp³-hybridized carbons (Fsp3) is 0.0667. The van der Waals surface area contributed by atoms with Crippen LogP contribution in [0.4, 0.5) is 10.1 Å². The maximum atomic E-state index is 13.7. The lowest BCUT2D eigenvalue weighted by molar-refractivity contribution is 0.0991. The number of amides is 2. The molecular weight excluding hydrogens is 273 g/mol. The molecule has 5 N–H and O–H groups in total. The Kier molecular flexibility index (Phi) is 4.18. The minimum Gasteiger partial charge on any atom is -0.379 e. The van der Waals surface area contributed by atoms with Crippen molar-refractivity contribution in [3.63, 3.8) is 0 Å². The van der Waals surface area contributed by atoms with E-state index >= 15 is 0 Å². The summed E-state index contributed by atoms with van der Waals surface area (Å²) in [6.07, 6.45) is 0. The molecule has 6 heteroatoms. The zero-order chi connectivity index (χ0) is 15.4. The highest BCUT2D eigenvalue weighted by molar-refractivity contribution is 5.94. The third kappa shape index (κ3) is 3.56. The molecule has 0 saturated heterocycles. The minimum atomic E-state index is -0.631. The van der Waals surface area contributed by atoms with E-state index in [1.807, 2.05) is 0 Å². The van der Waals surface area contributed by atoms with Gasteiger partial charge in [-0.2, -0.15) is 0 Å². The molecule has 108 valence electrons. The molecule has 0 fully saturated rings. The Morgan fingerprint density at radius 3 is 2.33 bits per heavy atom. The molecule has 0 spiro atoms. The number of hydrogen-bond acceptors (Lipinski definition) is 3. The van der Waals surface area contributed by atoms with Crippen LogP contribution in [0.5, 0.6) is 0 Å². The summed E-state index contributed by atoms with van der Waals surface area (Å²) < 4.78 is 13.7. The second-order valence-electron chi connectivity index (χ2n) is 4.48. The van der Waals surface area contributed by atoms with Gasteiger partial charge in [0.2, 0.25) is 11.8 Å². The summed E-state index contributed by atoms with van der Waals surface area (Å²) in [5.74, 6) is -1.65. The number of halogens is 1. The molecule has 0 aliphatic heterocycles. The molecule has 0 aliphatic rings. The van der Waals surface area contributed by atoms with Crippen LogP contribution in [0.3, 0.4) is 0 Å². The molecule has 0 heterocycles. The number of benzene rings is 2. The highest BCUT2D eigenvalue weighted by Crippen LogP contribution is 2.17. The first-order valence-corrected chi connectivity index (χ1v) is 6.19. The van der Waals surface area contributed by atoms with Crippen LogP contribution in [-0.2, 0) is 6.54 Å². The van der Waals surface area contributed by atoms with Crippen molar-refractivity contribution in [1.82, 2.24) is 0 Å². The third-order valence-electron chi connectivity index (χ3n) is 2.95. The largest absolute Gasteiger partial charge is 0.379 e. The van der Waals surface area contributed by atoms with Crippen LogP contribution in [0.1, 0.15) is 26.3 Å². The SMILES string of the molecule is NC(=O)c1cccc(CNc2cc(C(N)=O)ccc2F)c1. The average Bonchev–Trinajstić information content (AvgIpc) is 2.46. The number of hydrogen-bond donors (Lipinski definition) is 3. The molecular formula is C15H14FN3O2. The molecule has 0 aromatic heterocycles. The molecule has 21 heavy (non-hydrogen) atoms. The predicted molar refractivity (Wildman–Crippen MR) is 77.2 cm³/mol. The molecule has 2 rings (SSSR count). The van der Waals surface area contributed by atoms with E-state index in [0.29, 0.717) is 5.56 Å². The van der Waals surface area contributed by atoms with E-state index in [1.54, 1.807) is 24.3 Å². The summed E-state index contributed by atoms with van der Waals surface area (Å²) in [4.78, 5) is 22.2. The summed E-state index contributed by atoms with van der Waals surface area (Å²) >= 11 is 0. The van der Waals surface area contributed by atoms with E-state index in [2.05, 4.69) is 5.32 Å². The molecule has 2 aromatic carbocycles. The summed E-state index contributed by atoms with van der Waals surface area (Å²) in [7, 11) is 0. The van der Waals surface area contributed by atoms with Crippen molar-refractivity contribution in [3.05, 3.63) is 65.0 Å². The molecule has 0 saturated carbocycles. The van der Waals surface area contributed by atoms with Crippen molar-refractivity contribution in [1.29, 1.82) is 0 Å². The Bertz CT molecular complexity index is 701. The summed E-state index contributed by atoms with van der Waals surface area (Å²) in [5, 5.41) is 2.86. The number of nitrogens with one attached hydrogen (secondary N) is 1. The standard InChI is InChI=1S/C15H14FN3O2/c16-12-5-4-11(15(18)21)7-13(12)19-8-9-2-1-3-10(6-9)14(17)20/h1-7,19H,8H2,(H2,17,20)(H2,18,21). The second kappa shape index (κ2) is 6.04. The lowest BCUT2D eigenvalue weighted by Gasteiger charge is -2.09. The fourth-order valence-electron chi connectivity index (χ4n) is 1.85. The van der Waals surface area contributed by atoms with Gasteiger partial charge in [-0.05, 0) is 35.9 Å². The predicted octanol–water partition coefficient (Wildman–Crippen LogP) is 1.64. The number of nitrogens with two attached hydrogens (primary N) is 2. The lowest BCUT2D eigenvalue weighted by Crippen LogP contribution is -2.13. The van der Waals surface area contributed by atoms with Crippen LogP contribution in [-0.4, -0.2) is 11.8 Å². The van der Waals surface area contributed by atoms with Gasteiger partial charge in [0, 0.05) is 17.7 Å². The van der Waals surface area contributed by atoms with E-state index in [9.17, 15) is 14.0 Å². The van der Waals surface area contributed by atoms with Gasteiger partial charge in [0.1, 0.15) is 5.82 Å². The van der Waals surface area contributed by atoms with Crippen LogP contribution in [0.25, 0.3) is 0 Å². The van der Waals surface area contributed by atoms with E-state index < -0.39 is 17.6 Å². The Morgan fingerprint density at radius 2 is 1.67 bits per heavy atom. The van der Waals surface area contributed by atoms with Gasteiger partial charge in [0.25, 0.3) is 0 Å². The van der Waals surface area contributed by atoms with Crippen molar-refractivity contribution in [3.8, 4) is 0 Å². The smallest absolute Gasteiger partial charge is 0.248 e. The van der Waals surface area contributed by atoms with Crippen molar-refractivity contribution < 1.29 is 14.0 Å². The highest BCUT2D eigenvalue weighted by Gasteiger charge is 2.07. The Labute approximate surface area is 120 Å². The summed E-state index contributed by atoms with van der Waals surface area (Å²) in [6, 6.07) is 10.5. The van der Waals surface area contributed by atoms with Crippen LogP contribution in [0.2, 0.25) is 0 Å². The van der Waals surface area contributed by atoms with Crippen LogP contribution in [0, 0.1) is 5.82 Å². The number of rotatable bonds is 5. The van der Waals surface area contributed by atoms with Crippen LogP contribution in [0.15, 0.2) is 42.5 Å². The van der Waals surface area contributed by atoms with Gasteiger partial charge in [0.05, 0.1) is 5.69 Å². The monoisotopic (exact) mass is 287 g/mol. The van der Waals surface area contributed by atoms with Gasteiger partial charge >= 0.3 is 0 Å². The van der Waals surface area contributed by atoms with E-state index in [4.69, 9.17) is 11.5 Å². The van der Waals surface area contributed by atoms with Crippen LogP contribution >= 0.6 is 0 Å². The van der Waals surface area contributed by atoms with Crippen molar-refractivity contribution in [2.24, 2.45) is 11.5 Å². The Morgan fingerprint density at radius 1 is 1.00 bits per heavy atom. The van der Waals surface area contributed by atoms with Crippen molar-refractivity contribution >= 4 is 17.5 Å². The molecule has 0 radical (unpaired) electrons. The zero-order valence-corrected chi connectivity index (χ0v) is 11.1. The van der Waals surface area contributed by atoms with Gasteiger partial charge in [-0.1, -0.05) is 12.1 Å². The number of carbonyl (C=O) groups excluding carboxylic acids is 2. The van der Waals surface area contributed by atoms with Crippen molar-refractivity contribution in [2.75, 3.05) is 5.32 Å². The number of anilines is 1. The zero-order valence-electron chi connectivity index (χ0n) is 11.1. The maximum absolute atomic E-state index is 13.7. The van der Waals surface area contributed by atoms with E-state index in [0.717, 1.165) is 5.56 Å². The normalized spacial score (nSPS) is 10.1. The molecule has 5 nitrogen and oxygen atoms in total. The summed E-state index contributed by atoms with van der Waals surface area (Å²) in [6.45, 7) is 0.278. The third-order valence-corrected chi connectivity index (χ3v) is 2.95. The topological polar surface area (TPSA) is 98.2 Å². The first kappa shape index (κ1) is 14.5. The molecule has 0 atom stereocenters. The second-order valence-corrected chi connectivity index (χ2v) is 4.48. The van der Waals surface area contributed by atoms with E-state index in [1.165, 1.54) is 18.2 Å². The average molecular weight is 287 g/mol. The number of carbonyl (C=O) groups is 2. The van der Waals surface area contributed by atoms with Gasteiger partial charge in [0.15, 0.2) is 0 Å². The first-order chi connectivity index (χ1) is 9.97.